The summed E-state index contributed by atoms with van der Waals surface area (Å²) in [4.78, 5) is 37.9. The zero-order chi connectivity index (χ0) is 17.8. The first-order valence-corrected chi connectivity index (χ1v) is 8.68. The van der Waals surface area contributed by atoms with Crippen molar-refractivity contribution >= 4 is 47.3 Å². The zero-order valence-electron chi connectivity index (χ0n) is 14.0. The van der Waals surface area contributed by atoms with Gasteiger partial charge in [0.05, 0.1) is 0 Å². The van der Waals surface area contributed by atoms with E-state index in [1.807, 2.05) is 30.3 Å². The Kier molecular flexibility index (Phi) is 7.64. The van der Waals surface area contributed by atoms with Crippen LogP contribution in [0.2, 0.25) is 0 Å². The number of piperidine rings is 1. The molecular formula is C18H24N3NaO4. The van der Waals surface area contributed by atoms with Crippen LogP contribution in [-0.2, 0) is 20.8 Å². The van der Waals surface area contributed by atoms with Crippen molar-refractivity contribution in [1.29, 1.82) is 0 Å². The van der Waals surface area contributed by atoms with E-state index in [-0.39, 0.29) is 35.5 Å². The number of nitrogens with zero attached hydrogens (tertiary/aromatic N) is 1. The molecule has 0 bridgehead atoms. The molecule has 2 fully saturated rings. The molecule has 136 valence electrons. The average Bonchev–Trinajstić information content (AvgIpc) is 3.43. The molecule has 7 nitrogen and oxygen atoms in total. The van der Waals surface area contributed by atoms with E-state index in [4.69, 9.17) is 5.11 Å². The molecule has 3 atom stereocenters. The second-order valence-electron chi connectivity index (χ2n) is 6.60. The molecule has 2 heterocycles. The number of hydrogen-bond acceptors (Lipinski definition) is 4. The molecule has 2 aliphatic heterocycles. The SMILES string of the molecule is O=C(O)[C@H]1N[C@@H]1C(=O)N[C@@H](Cc1ccccc1)C(=O)N1CCCCC1.[NaH]. The minimum absolute atomic E-state index is 0. The Morgan fingerprint density at radius 1 is 1.12 bits per heavy atom. The molecule has 0 saturated carbocycles. The first-order chi connectivity index (χ1) is 12.1. The van der Waals surface area contributed by atoms with Crippen molar-refractivity contribution < 1.29 is 19.5 Å². The molecule has 26 heavy (non-hydrogen) atoms. The Bertz CT molecular complexity index is 649. The summed E-state index contributed by atoms with van der Waals surface area (Å²) in [5.41, 5.74) is 0.955. The van der Waals surface area contributed by atoms with Crippen molar-refractivity contribution in [2.24, 2.45) is 0 Å². The fourth-order valence-electron chi connectivity index (χ4n) is 3.22. The molecule has 0 unspecified atom stereocenters. The summed E-state index contributed by atoms with van der Waals surface area (Å²) in [5.74, 6) is -1.58. The zero-order valence-corrected chi connectivity index (χ0v) is 14.0. The number of carbonyl (C=O) groups excluding carboxylic acids is 2. The van der Waals surface area contributed by atoms with Gasteiger partial charge in [-0.2, -0.15) is 0 Å². The molecule has 3 N–H and O–H groups in total. The van der Waals surface area contributed by atoms with Gasteiger partial charge in [-0.15, -0.1) is 0 Å². The number of carbonyl (C=O) groups is 3. The monoisotopic (exact) mass is 369 g/mol. The predicted octanol–water partition coefficient (Wildman–Crippen LogP) is -0.497. The van der Waals surface area contributed by atoms with E-state index in [9.17, 15) is 14.4 Å². The summed E-state index contributed by atoms with van der Waals surface area (Å²) < 4.78 is 0. The third-order valence-corrected chi connectivity index (χ3v) is 4.70. The van der Waals surface area contributed by atoms with Crippen LogP contribution in [0.3, 0.4) is 0 Å². The van der Waals surface area contributed by atoms with Gasteiger partial charge in [0.2, 0.25) is 11.8 Å². The van der Waals surface area contributed by atoms with Gasteiger partial charge in [-0.05, 0) is 24.8 Å². The van der Waals surface area contributed by atoms with Crippen LogP contribution in [0.25, 0.3) is 0 Å². The Labute approximate surface area is 174 Å². The Balaban J connectivity index is 0.00000243. The molecule has 3 rings (SSSR count). The van der Waals surface area contributed by atoms with Crippen LogP contribution < -0.4 is 10.6 Å². The Morgan fingerprint density at radius 3 is 2.35 bits per heavy atom. The molecule has 2 aliphatic rings. The number of carboxylic acid groups (broad SMARTS) is 1. The fourth-order valence-corrected chi connectivity index (χ4v) is 3.22. The molecule has 0 spiro atoms. The first-order valence-electron chi connectivity index (χ1n) is 8.68. The summed E-state index contributed by atoms with van der Waals surface area (Å²) in [5, 5.41) is 14.3. The molecule has 1 aromatic rings. The van der Waals surface area contributed by atoms with E-state index >= 15 is 0 Å². The van der Waals surface area contributed by atoms with Gasteiger partial charge >= 0.3 is 35.5 Å². The van der Waals surface area contributed by atoms with Crippen molar-refractivity contribution in [2.75, 3.05) is 13.1 Å². The average molecular weight is 369 g/mol. The Hall–Kier alpha value is -1.41. The number of likely N-dealkylation sites (tertiary alicyclic amines) is 1. The van der Waals surface area contributed by atoms with Gasteiger partial charge < -0.3 is 15.3 Å². The van der Waals surface area contributed by atoms with Crippen LogP contribution in [0.15, 0.2) is 30.3 Å². The van der Waals surface area contributed by atoms with Gasteiger partial charge in [0.1, 0.15) is 18.1 Å². The maximum absolute atomic E-state index is 12.9. The molecule has 0 aliphatic carbocycles. The van der Waals surface area contributed by atoms with E-state index in [1.165, 1.54) is 0 Å². The molecule has 0 radical (unpaired) electrons. The second kappa shape index (κ2) is 9.50. The number of rotatable bonds is 6. The van der Waals surface area contributed by atoms with Gasteiger partial charge in [-0.3, -0.25) is 19.7 Å². The maximum atomic E-state index is 12.9. The molecular weight excluding hydrogens is 345 g/mol. The number of hydrogen-bond donors (Lipinski definition) is 3. The molecule has 2 amide bonds. The quantitative estimate of drug-likeness (QED) is 0.463. The van der Waals surface area contributed by atoms with Crippen molar-refractivity contribution in [3.63, 3.8) is 0 Å². The van der Waals surface area contributed by atoms with Crippen LogP contribution >= 0.6 is 0 Å². The number of carboxylic acids is 1. The molecule has 2 saturated heterocycles. The van der Waals surface area contributed by atoms with Gasteiger partial charge in [0.25, 0.3) is 0 Å². The van der Waals surface area contributed by atoms with Crippen molar-refractivity contribution in [3.05, 3.63) is 35.9 Å². The third-order valence-electron chi connectivity index (χ3n) is 4.70. The summed E-state index contributed by atoms with van der Waals surface area (Å²) in [6, 6.07) is 7.22. The van der Waals surface area contributed by atoms with Crippen LogP contribution in [0, 0.1) is 0 Å². The number of benzene rings is 1. The predicted molar refractivity (Wildman–Crippen MR) is 98.0 cm³/mol. The van der Waals surface area contributed by atoms with Crippen molar-refractivity contribution in [3.8, 4) is 0 Å². The van der Waals surface area contributed by atoms with Gasteiger partial charge in [-0.25, -0.2) is 0 Å². The van der Waals surface area contributed by atoms with Crippen molar-refractivity contribution in [2.45, 2.75) is 43.8 Å². The normalized spacial score (nSPS) is 22.7. The van der Waals surface area contributed by atoms with Gasteiger partial charge in [-0.1, -0.05) is 30.3 Å². The fraction of sp³-hybridized carbons (Fsp3) is 0.500. The third kappa shape index (κ3) is 5.30. The summed E-state index contributed by atoms with van der Waals surface area (Å²) in [7, 11) is 0. The first kappa shape index (κ1) is 20.9. The minimum atomic E-state index is -1.05. The Morgan fingerprint density at radius 2 is 1.77 bits per heavy atom. The summed E-state index contributed by atoms with van der Waals surface area (Å²) >= 11 is 0. The number of nitrogens with one attached hydrogen (secondary N) is 2. The molecule has 1 aromatic carbocycles. The summed E-state index contributed by atoms with van der Waals surface area (Å²) in [6.45, 7) is 1.42. The van der Waals surface area contributed by atoms with Crippen molar-refractivity contribution in [1.82, 2.24) is 15.5 Å². The molecule has 8 heteroatoms. The van der Waals surface area contributed by atoms with E-state index in [2.05, 4.69) is 10.6 Å². The van der Waals surface area contributed by atoms with Crippen LogP contribution in [0.1, 0.15) is 24.8 Å². The van der Waals surface area contributed by atoms with Crippen LogP contribution in [0.5, 0.6) is 0 Å². The van der Waals surface area contributed by atoms with Gasteiger partial charge in [0.15, 0.2) is 0 Å². The number of aliphatic carboxylic acids is 1. The van der Waals surface area contributed by atoms with E-state index in [0.29, 0.717) is 19.5 Å². The standard InChI is InChI=1S/C18H23N3O4.Na.H/c22-16(14-15(20-14)18(24)25)19-13(11-12-7-3-1-4-8-12)17(23)21-9-5-2-6-10-21;;/h1,3-4,7-8,13-15,20H,2,5-6,9-11H2,(H,19,22)(H,24,25);;/t13-,14-,15-;;/m0../s1. The van der Waals surface area contributed by atoms with E-state index in [1.54, 1.807) is 4.90 Å². The number of amides is 2. The van der Waals surface area contributed by atoms with E-state index in [0.717, 1.165) is 24.8 Å². The summed E-state index contributed by atoms with van der Waals surface area (Å²) in [6.07, 6.45) is 3.46. The van der Waals surface area contributed by atoms with E-state index < -0.39 is 30.0 Å². The topological polar surface area (TPSA) is 109 Å². The van der Waals surface area contributed by atoms with Gasteiger partial charge in [0, 0.05) is 19.5 Å². The van der Waals surface area contributed by atoms with Crippen LogP contribution in [-0.4, -0.2) is 88.6 Å². The van der Waals surface area contributed by atoms with Crippen LogP contribution in [0.4, 0.5) is 0 Å². The second-order valence-corrected chi connectivity index (χ2v) is 6.60. The molecule has 0 aromatic heterocycles.